The van der Waals surface area contributed by atoms with E-state index in [9.17, 15) is 4.79 Å². The van der Waals surface area contributed by atoms with E-state index in [1.807, 2.05) is 12.1 Å². The first-order chi connectivity index (χ1) is 10.7. The Morgan fingerprint density at radius 3 is 2.79 bits per heavy atom. The highest BCUT2D eigenvalue weighted by Crippen LogP contribution is 2.25. The molecule has 0 bridgehead atoms. The van der Waals surface area contributed by atoms with Gasteiger partial charge >= 0.3 is 0 Å². The van der Waals surface area contributed by atoms with Crippen LogP contribution in [0.3, 0.4) is 0 Å². The fraction of sp³-hybridized carbons (Fsp3) is 0.471. The highest BCUT2D eigenvalue weighted by Gasteiger charge is 2.22. The summed E-state index contributed by atoms with van der Waals surface area (Å²) >= 11 is 0. The molecule has 1 aliphatic heterocycles. The van der Waals surface area contributed by atoms with Crippen molar-refractivity contribution in [2.45, 2.75) is 26.2 Å². The standard InChI is InChI=1S/C17H22N4O.2ClH/c1-12(13-2-6-18-7-3-13)10-17(22)21-16-5-9-20-15-4-8-19-11-14(15)16;;/h4-5,8-9,11-13,18H,2-3,6-7,10H2,1H3,(H,20,21,22);2*1H. The van der Waals surface area contributed by atoms with E-state index in [0.29, 0.717) is 18.3 Å². The zero-order chi connectivity index (χ0) is 15.4. The molecule has 1 aliphatic rings. The van der Waals surface area contributed by atoms with E-state index in [2.05, 4.69) is 27.5 Å². The van der Waals surface area contributed by atoms with Gasteiger partial charge in [0.1, 0.15) is 0 Å². The van der Waals surface area contributed by atoms with E-state index in [0.717, 1.165) is 42.5 Å². The molecule has 3 heterocycles. The van der Waals surface area contributed by atoms with Crippen molar-refractivity contribution >= 4 is 47.3 Å². The number of piperidine rings is 1. The van der Waals surface area contributed by atoms with E-state index in [-0.39, 0.29) is 30.7 Å². The summed E-state index contributed by atoms with van der Waals surface area (Å²) in [5.41, 5.74) is 1.64. The number of rotatable bonds is 4. The number of carbonyl (C=O) groups is 1. The average Bonchev–Trinajstić information content (AvgIpc) is 2.56. The molecule has 2 aromatic heterocycles. The molecular weight excluding hydrogens is 347 g/mol. The molecule has 1 saturated heterocycles. The molecule has 0 aliphatic carbocycles. The number of halogens is 2. The monoisotopic (exact) mass is 370 g/mol. The Morgan fingerprint density at radius 2 is 2.04 bits per heavy atom. The van der Waals surface area contributed by atoms with Gasteiger partial charge in [0.25, 0.3) is 0 Å². The van der Waals surface area contributed by atoms with Gasteiger partial charge in [-0.3, -0.25) is 14.8 Å². The molecule has 2 N–H and O–H groups in total. The zero-order valence-corrected chi connectivity index (χ0v) is 15.3. The van der Waals surface area contributed by atoms with Gasteiger partial charge in [0.2, 0.25) is 5.91 Å². The molecule has 132 valence electrons. The minimum Gasteiger partial charge on any atom is -0.325 e. The third-order valence-electron chi connectivity index (χ3n) is 4.51. The maximum absolute atomic E-state index is 12.3. The van der Waals surface area contributed by atoms with E-state index >= 15 is 0 Å². The molecule has 0 aromatic carbocycles. The van der Waals surface area contributed by atoms with Crippen molar-refractivity contribution in [1.29, 1.82) is 0 Å². The molecule has 24 heavy (non-hydrogen) atoms. The summed E-state index contributed by atoms with van der Waals surface area (Å²) < 4.78 is 0. The van der Waals surface area contributed by atoms with Crippen LogP contribution in [-0.2, 0) is 4.79 Å². The van der Waals surface area contributed by atoms with Gasteiger partial charge in [-0.1, -0.05) is 6.92 Å². The molecule has 1 atom stereocenters. The van der Waals surface area contributed by atoms with Crippen molar-refractivity contribution in [3.8, 4) is 0 Å². The summed E-state index contributed by atoms with van der Waals surface area (Å²) in [6, 6.07) is 3.68. The fourth-order valence-electron chi connectivity index (χ4n) is 3.17. The van der Waals surface area contributed by atoms with Crippen molar-refractivity contribution in [3.63, 3.8) is 0 Å². The number of hydrogen-bond acceptors (Lipinski definition) is 4. The molecule has 0 saturated carbocycles. The third-order valence-corrected chi connectivity index (χ3v) is 4.51. The van der Waals surface area contributed by atoms with Gasteiger partial charge < -0.3 is 10.6 Å². The maximum atomic E-state index is 12.3. The Labute approximate surface area is 154 Å². The molecule has 7 heteroatoms. The number of nitrogens with zero attached hydrogens (tertiary/aromatic N) is 2. The first kappa shape index (κ1) is 20.6. The predicted octanol–water partition coefficient (Wildman–Crippen LogP) is 3.44. The SMILES string of the molecule is CC(CC(=O)Nc1ccnc2ccncc12)C1CCNCC1.Cl.Cl. The summed E-state index contributed by atoms with van der Waals surface area (Å²) in [7, 11) is 0. The maximum Gasteiger partial charge on any atom is 0.224 e. The summed E-state index contributed by atoms with van der Waals surface area (Å²) in [6.45, 7) is 4.32. The number of hydrogen-bond donors (Lipinski definition) is 2. The van der Waals surface area contributed by atoms with E-state index in [1.165, 1.54) is 0 Å². The summed E-state index contributed by atoms with van der Waals surface area (Å²) in [5, 5.41) is 7.27. The van der Waals surface area contributed by atoms with Crippen LogP contribution in [0.25, 0.3) is 10.9 Å². The topological polar surface area (TPSA) is 66.9 Å². The molecule has 1 fully saturated rings. The van der Waals surface area contributed by atoms with Crippen molar-refractivity contribution in [1.82, 2.24) is 15.3 Å². The lowest BCUT2D eigenvalue weighted by molar-refractivity contribution is -0.117. The van der Waals surface area contributed by atoms with Crippen LogP contribution in [0, 0.1) is 11.8 Å². The molecule has 1 amide bonds. The number of anilines is 1. The minimum absolute atomic E-state index is 0. The Morgan fingerprint density at radius 1 is 1.29 bits per heavy atom. The molecule has 0 spiro atoms. The van der Waals surface area contributed by atoms with Gasteiger partial charge in [0.05, 0.1) is 11.2 Å². The molecule has 3 rings (SSSR count). The van der Waals surface area contributed by atoms with Crippen LogP contribution in [0.15, 0.2) is 30.7 Å². The van der Waals surface area contributed by atoms with Crippen molar-refractivity contribution < 1.29 is 4.79 Å². The molecular formula is C17H24Cl2N4O. The van der Waals surface area contributed by atoms with Gasteiger partial charge in [-0.15, -0.1) is 24.8 Å². The quantitative estimate of drug-likeness (QED) is 0.864. The molecule has 1 unspecified atom stereocenters. The van der Waals surface area contributed by atoms with Crippen molar-refractivity contribution in [2.24, 2.45) is 11.8 Å². The van der Waals surface area contributed by atoms with Crippen LogP contribution in [0.1, 0.15) is 26.2 Å². The number of carbonyl (C=O) groups excluding carboxylic acids is 1. The van der Waals surface area contributed by atoms with Crippen molar-refractivity contribution in [3.05, 3.63) is 30.7 Å². The van der Waals surface area contributed by atoms with Gasteiger partial charge in [0, 0.05) is 30.4 Å². The second kappa shape index (κ2) is 9.77. The number of amides is 1. The second-order valence-electron chi connectivity index (χ2n) is 6.07. The van der Waals surface area contributed by atoms with E-state index < -0.39 is 0 Å². The van der Waals surface area contributed by atoms with Gasteiger partial charge in [0.15, 0.2) is 0 Å². The van der Waals surface area contributed by atoms with Crippen LogP contribution in [0.4, 0.5) is 5.69 Å². The number of fused-ring (bicyclic) bond motifs is 1. The summed E-state index contributed by atoms with van der Waals surface area (Å²) in [6.07, 6.45) is 8.06. The van der Waals surface area contributed by atoms with E-state index in [1.54, 1.807) is 18.6 Å². The first-order valence-corrected chi connectivity index (χ1v) is 7.93. The van der Waals surface area contributed by atoms with Crippen LogP contribution in [-0.4, -0.2) is 29.0 Å². The lowest BCUT2D eigenvalue weighted by Crippen LogP contribution is -2.32. The highest BCUT2D eigenvalue weighted by atomic mass is 35.5. The van der Waals surface area contributed by atoms with Crippen LogP contribution in [0.2, 0.25) is 0 Å². The molecule has 2 aromatic rings. The Bertz CT molecular complexity index is 657. The summed E-state index contributed by atoms with van der Waals surface area (Å²) in [4.78, 5) is 20.7. The van der Waals surface area contributed by atoms with Gasteiger partial charge in [-0.25, -0.2) is 0 Å². The first-order valence-electron chi connectivity index (χ1n) is 7.93. The molecule has 5 nitrogen and oxygen atoms in total. The third kappa shape index (κ3) is 5.03. The fourth-order valence-corrected chi connectivity index (χ4v) is 3.17. The highest BCUT2D eigenvalue weighted by molar-refractivity contribution is 6.00. The lowest BCUT2D eigenvalue weighted by Gasteiger charge is -2.27. The largest absolute Gasteiger partial charge is 0.325 e. The Kier molecular flexibility index (Phi) is 8.39. The Hall–Kier alpha value is -1.43. The normalized spacial score (nSPS) is 15.9. The average molecular weight is 371 g/mol. The van der Waals surface area contributed by atoms with Crippen LogP contribution >= 0.6 is 24.8 Å². The summed E-state index contributed by atoms with van der Waals surface area (Å²) in [5.74, 6) is 1.12. The second-order valence-corrected chi connectivity index (χ2v) is 6.07. The Balaban J connectivity index is 0.00000144. The minimum atomic E-state index is 0. The number of pyridine rings is 2. The van der Waals surface area contributed by atoms with E-state index in [4.69, 9.17) is 0 Å². The number of aromatic nitrogens is 2. The predicted molar refractivity (Wildman–Crippen MR) is 102 cm³/mol. The van der Waals surface area contributed by atoms with Gasteiger partial charge in [-0.05, 0) is 49.9 Å². The molecule has 0 radical (unpaired) electrons. The lowest BCUT2D eigenvalue weighted by atomic mass is 9.84. The zero-order valence-electron chi connectivity index (χ0n) is 13.7. The van der Waals surface area contributed by atoms with Crippen molar-refractivity contribution in [2.75, 3.05) is 18.4 Å². The smallest absolute Gasteiger partial charge is 0.224 e. The number of nitrogens with one attached hydrogen (secondary N) is 2. The van der Waals surface area contributed by atoms with Gasteiger partial charge in [-0.2, -0.15) is 0 Å². The van der Waals surface area contributed by atoms with Crippen LogP contribution in [0.5, 0.6) is 0 Å². The van der Waals surface area contributed by atoms with Crippen LogP contribution < -0.4 is 10.6 Å².